The Labute approximate surface area is 269 Å². The quantitative estimate of drug-likeness (QED) is 0.148. The van der Waals surface area contributed by atoms with E-state index in [9.17, 15) is 4.79 Å². The van der Waals surface area contributed by atoms with Crippen LogP contribution in [0.15, 0.2) is 97.6 Å². The zero-order chi connectivity index (χ0) is 30.1. The molecule has 0 saturated carbocycles. The summed E-state index contributed by atoms with van der Waals surface area (Å²) in [5.74, 6) is 1.60. The maximum absolute atomic E-state index is 13.6. The van der Waals surface area contributed by atoms with E-state index in [1.807, 2.05) is 25.1 Å². The lowest BCUT2D eigenvalue weighted by atomic mass is 10.2. The molecule has 2 heterocycles. The fourth-order valence-corrected chi connectivity index (χ4v) is 5.71. The first kappa shape index (κ1) is 29.3. The highest BCUT2D eigenvalue weighted by Crippen LogP contribution is 2.38. The Morgan fingerprint density at radius 2 is 1.77 bits per heavy atom. The number of aromatic nitrogens is 2. The molecule has 0 fully saturated rings. The van der Waals surface area contributed by atoms with Crippen LogP contribution in [0.4, 0.5) is 0 Å². The lowest BCUT2D eigenvalue weighted by Crippen LogP contribution is -2.20. The number of nitrogens with zero attached hydrogens (tertiary/aromatic N) is 3. The van der Waals surface area contributed by atoms with Crippen LogP contribution in [-0.4, -0.2) is 22.5 Å². The molecule has 0 bridgehead atoms. The van der Waals surface area contributed by atoms with Gasteiger partial charge in [-0.25, -0.2) is 4.98 Å². The molecule has 0 amide bonds. The van der Waals surface area contributed by atoms with Crippen LogP contribution < -0.4 is 15.0 Å². The second kappa shape index (κ2) is 12.4. The summed E-state index contributed by atoms with van der Waals surface area (Å²) in [6.07, 6.45) is 1.55. The third kappa shape index (κ3) is 6.15. The van der Waals surface area contributed by atoms with Gasteiger partial charge >= 0.3 is 0 Å². The van der Waals surface area contributed by atoms with Crippen molar-refractivity contribution in [3.8, 4) is 23.1 Å². The highest BCUT2D eigenvalue weighted by molar-refractivity contribution is 9.10. The number of ether oxygens (including phenoxy) is 2. The number of hydrogen-bond acceptors (Lipinski definition) is 6. The van der Waals surface area contributed by atoms with Crippen molar-refractivity contribution >= 4 is 78.8 Å². The molecule has 0 unspecified atom stereocenters. The van der Waals surface area contributed by atoms with Gasteiger partial charge in [0.05, 0.1) is 28.2 Å². The van der Waals surface area contributed by atoms with E-state index in [0.29, 0.717) is 65.5 Å². The number of rotatable bonds is 8. The van der Waals surface area contributed by atoms with Crippen LogP contribution in [0.5, 0.6) is 11.5 Å². The first-order valence-electron chi connectivity index (χ1n) is 13.1. The third-order valence-electron chi connectivity index (χ3n) is 6.49. The summed E-state index contributed by atoms with van der Waals surface area (Å²) in [4.78, 5) is 18.4. The van der Waals surface area contributed by atoms with Crippen LogP contribution in [0.1, 0.15) is 18.1 Å². The van der Waals surface area contributed by atoms with Crippen molar-refractivity contribution in [1.82, 2.24) is 9.66 Å². The number of furan rings is 1. The van der Waals surface area contributed by atoms with E-state index < -0.39 is 0 Å². The molecule has 7 nitrogen and oxygen atoms in total. The largest absolute Gasteiger partial charge is 0.490 e. The number of fused-ring (bicyclic) bond motifs is 2. The van der Waals surface area contributed by atoms with E-state index in [2.05, 4.69) is 21.0 Å². The highest BCUT2D eigenvalue weighted by atomic mass is 79.9. The van der Waals surface area contributed by atoms with Crippen molar-refractivity contribution in [2.75, 3.05) is 6.61 Å². The molecule has 4 aromatic carbocycles. The van der Waals surface area contributed by atoms with Crippen molar-refractivity contribution in [2.45, 2.75) is 13.5 Å². The van der Waals surface area contributed by atoms with Gasteiger partial charge in [-0.3, -0.25) is 4.79 Å². The van der Waals surface area contributed by atoms with Crippen LogP contribution in [0.2, 0.25) is 15.1 Å². The maximum Gasteiger partial charge on any atom is 0.282 e. The first-order valence-corrected chi connectivity index (χ1v) is 15.0. The second-order valence-corrected chi connectivity index (χ2v) is 11.5. The summed E-state index contributed by atoms with van der Waals surface area (Å²) in [5.41, 5.74) is 2.21. The lowest BCUT2D eigenvalue weighted by Gasteiger charge is -2.15. The molecule has 43 heavy (non-hydrogen) atoms. The Bertz CT molecular complexity index is 2090. The summed E-state index contributed by atoms with van der Waals surface area (Å²) in [6, 6.07) is 23.0. The molecule has 0 aliphatic carbocycles. The van der Waals surface area contributed by atoms with Crippen molar-refractivity contribution in [3.63, 3.8) is 0 Å². The van der Waals surface area contributed by atoms with Gasteiger partial charge < -0.3 is 13.9 Å². The highest BCUT2D eigenvalue weighted by Gasteiger charge is 2.18. The Balaban J connectivity index is 1.40. The van der Waals surface area contributed by atoms with Crippen molar-refractivity contribution < 1.29 is 13.9 Å². The zero-order valence-corrected chi connectivity index (χ0v) is 26.3. The average Bonchev–Trinajstić information content (AvgIpc) is 3.40. The first-order chi connectivity index (χ1) is 20.8. The number of benzene rings is 4. The Kier molecular flexibility index (Phi) is 8.45. The molecule has 0 radical (unpaired) electrons. The van der Waals surface area contributed by atoms with E-state index in [1.54, 1.807) is 66.9 Å². The van der Waals surface area contributed by atoms with Gasteiger partial charge in [-0.1, -0.05) is 53.0 Å². The van der Waals surface area contributed by atoms with Gasteiger partial charge in [0.15, 0.2) is 17.3 Å². The summed E-state index contributed by atoms with van der Waals surface area (Å²) < 4.78 is 19.9. The minimum Gasteiger partial charge on any atom is -0.490 e. The Morgan fingerprint density at radius 3 is 2.58 bits per heavy atom. The summed E-state index contributed by atoms with van der Waals surface area (Å²) in [6.45, 7) is 2.48. The minimum atomic E-state index is -0.348. The number of halogens is 4. The molecule has 216 valence electrons. The molecule has 6 aromatic rings. The van der Waals surface area contributed by atoms with Crippen molar-refractivity contribution in [1.29, 1.82) is 0 Å². The van der Waals surface area contributed by atoms with Gasteiger partial charge in [0, 0.05) is 26.0 Å². The monoisotopic (exact) mass is 695 g/mol. The van der Waals surface area contributed by atoms with Gasteiger partial charge in [0.2, 0.25) is 5.82 Å². The molecule has 0 spiro atoms. The van der Waals surface area contributed by atoms with E-state index in [-0.39, 0.29) is 18.0 Å². The average molecular weight is 698 g/mol. The molecular formula is C32H21BrCl3N3O4. The van der Waals surface area contributed by atoms with Crippen molar-refractivity contribution in [2.24, 2.45) is 5.10 Å². The summed E-state index contributed by atoms with van der Waals surface area (Å²) in [7, 11) is 0. The molecule has 0 N–H and O–H groups in total. The fourth-order valence-electron chi connectivity index (χ4n) is 4.49. The van der Waals surface area contributed by atoms with Gasteiger partial charge in [-0.2, -0.15) is 9.78 Å². The molecule has 2 aromatic heterocycles. The smallest absolute Gasteiger partial charge is 0.282 e. The number of para-hydroxylation sites is 1. The second-order valence-electron chi connectivity index (χ2n) is 9.39. The topological polar surface area (TPSA) is 78.9 Å². The molecule has 6 rings (SSSR count). The van der Waals surface area contributed by atoms with E-state index in [4.69, 9.17) is 53.7 Å². The molecule has 0 saturated heterocycles. The predicted octanol–water partition coefficient (Wildman–Crippen LogP) is 9.39. The van der Waals surface area contributed by atoms with E-state index in [0.717, 1.165) is 10.9 Å². The summed E-state index contributed by atoms with van der Waals surface area (Å²) in [5, 5.41) is 7.37. The normalized spacial score (nSPS) is 11.6. The maximum atomic E-state index is 13.6. The molecule has 0 aliphatic rings. The van der Waals surface area contributed by atoms with Gasteiger partial charge in [0.25, 0.3) is 5.56 Å². The SMILES string of the molecule is CCOc1cc(C=Nn2c(-c3cc4cc(Cl)ccc4o3)nc3ccccc3c2=O)cc(Br)c1OCc1ccc(Cl)cc1Cl. The molecule has 0 aliphatic heterocycles. The lowest BCUT2D eigenvalue weighted by molar-refractivity contribution is 0.267. The van der Waals surface area contributed by atoms with Crippen molar-refractivity contribution in [3.05, 3.63) is 120 Å². The van der Waals surface area contributed by atoms with Gasteiger partial charge in [-0.15, -0.1) is 0 Å². The van der Waals surface area contributed by atoms with Gasteiger partial charge in [-0.05, 0) is 89.1 Å². The molecule has 11 heteroatoms. The molecule has 0 atom stereocenters. The van der Waals surface area contributed by atoms with Crippen LogP contribution in [0.25, 0.3) is 33.5 Å². The number of hydrogen-bond donors (Lipinski definition) is 0. The fraction of sp³-hybridized carbons (Fsp3) is 0.0938. The molecular weight excluding hydrogens is 677 g/mol. The zero-order valence-electron chi connectivity index (χ0n) is 22.5. The van der Waals surface area contributed by atoms with E-state index in [1.165, 1.54) is 4.68 Å². The van der Waals surface area contributed by atoms with Crippen LogP contribution in [0, 0.1) is 0 Å². The minimum absolute atomic E-state index is 0.201. The Morgan fingerprint density at radius 1 is 0.977 bits per heavy atom. The van der Waals surface area contributed by atoms with E-state index >= 15 is 0 Å². The van der Waals surface area contributed by atoms with Crippen LogP contribution >= 0.6 is 50.7 Å². The summed E-state index contributed by atoms with van der Waals surface area (Å²) >= 11 is 22.1. The predicted molar refractivity (Wildman–Crippen MR) is 175 cm³/mol. The van der Waals surface area contributed by atoms with Gasteiger partial charge in [0.1, 0.15) is 12.2 Å². The third-order valence-corrected chi connectivity index (χ3v) is 7.90. The van der Waals surface area contributed by atoms with Crippen LogP contribution in [0.3, 0.4) is 0 Å². The standard InChI is InChI=1S/C32H21BrCl3N3O4/c1-2-41-28-12-18(11-24(33)30(28)42-17-19-7-8-22(35)15-25(19)36)16-37-39-31(38-26-6-4-3-5-23(26)32(39)40)29-14-20-13-21(34)9-10-27(20)43-29/h3-16H,2,17H2,1H3. The Hall–Kier alpha value is -3.82. The van der Waals surface area contributed by atoms with Crippen LogP contribution in [-0.2, 0) is 6.61 Å².